The van der Waals surface area contributed by atoms with E-state index in [0.717, 1.165) is 50.4 Å². The molecule has 0 aromatic carbocycles. The van der Waals surface area contributed by atoms with Crippen molar-refractivity contribution in [3.05, 3.63) is 0 Å². The maximum Gasteiger partial charge on any atom is 0.308 e. The molecule has 1 aliphatic carbocycles. The SMILES string of the molecule is CCCCCC(C)CCC(C)CCOC(=O)C1CCC(C(=O)OCCC(C)CCC(C)CCCCC)CC1. The first-order chi connectivity index (χ1) is 18.3. The maximum atomic E-state index is 12.6. The van der Waals surface area contributed by atoms with E-state index in [1.165, 1.54) is 77.0 Å². The molecule has 38 heavy (non-hydrogen) atoms. The van der Waals surface area contributed by atoms with Crippen LogP contribution in [0.3, 0.4) is 0 Å². The molecule has 1 fully saturated rings. The molecular formula is C34H64O4. The highest BCUT2D eigenvalue weighted by atomic mass is 16.5. The summed E-state index contributed by atoms with van der Waals surface area (Å²) < 4.78 is 11.3. The lowest BCUT2D eigenvalue weighted by Gasteiger charge is -2.26. The number of hydrogen-bond acceptors (Lipinski definition) is 4. The largest absolute Gasteiger partial charge is 0.465 e. The van der Waals surface area contributed by atoms with E-state index in [-0.39, 0.29) is 23.8 Å². The first-order valence-corrected chi connectivity index (χ1v) is 16.6. The zero-order chi connectivity index (χ0) is 28.2. The number of carbonyl (C=O) groups is 2. The summed E-state index contributed by atoms with van der Waals surface area (Å²) in [6, 6.07) is 0. The van der Waals surface area contributed by atoms with E-state index < -0.39 is 0 Å². The molecule has 0 radical (unpaired) electrons. The molecule has 4 unspecified atom stereocenters. The third-order valence-corrected chi connectivity index (χ3v) is 9.01. The third kappa shape index (κ3) is 16.8. The molecule has 0 spiro atoms. The van der Waals surface area contributed by atoms with Gasteiger partial charge in [0.05, 0.1) is 25.0 Å². The summed E-state index contributed by atoms with van der Waals surface area (Å²) in [4.78, 5) is 25.1. The maximum absolute atomic E-state index is 12.6. The predicted octanol–water partition coefficient (Wildman–Crippen LogP) is 9.92. The van der Waals surface area contributed by atoms with Crippen LogP contribution in [0.15, 0.2) is 0 Å². The zero-order valence-corrected chi connectivity index (χ0v) is 26.2. The normalized spacial score (nSPS) is 20.9. The molecule has 0 aromatic rings. The van der Waals surface area contributed by atoms with Crippen LogP contribution in [0.1, 0.15) is 157 Å². The molecule has 1 aliphatic rings. The molecule has 0 saturated heterocycles. The smallest absolute Gasteiger partial charge is 0.308 e. The van der Waals surface area contributed by atoms with Gasteiger partial charge in [0.1, 0.15) is 0 Å². The number of carbonyl (C=O) groups excluding carboxylic acids is 2. The fraction of sp³-hybridized carbons (Fsp3) is 0.941. The van der Waals surface area contributed by atoms with Gasteiger partial charge in [0.2, 0.25) is 0 Å². The van der Waals surface area contributed by atoms with Crippen molar-refractivity contribution in [2.24, 2.45) is 35.5 Å². The summed E-state index contributed by atoms with van der Waals surface area (Å²) in [5.74, 6) is 2.57. The highest BCUT2D eigenvalue weighted by Crippen LogP contribution is 2.31. The molecule has 4 atom stereocenters. The predicted molar refractivity (Wildman–Crippen MR) is 160 cm³/mol. The Bertz CT molecular complexity index is 543. The van der Waals surface area contributed by atoms with Crippen LogP contribution >= 0.6 is 0 Å². The molecule has 0 amide bonds. The Morgan fingerprint density at radius 3 is 1.16 bits per heavy atom. The third-order valence-electron chi connectivity index (χ3n) is 9.01. The van der Waals surface area contributed by atoms with Crippen molar-refractivity contribution in [1.82, 2.24) is 0 Å². The average Bonchev–Trinajstić information content (AvgIpc) is 2.91. The van der Waals surface area contributed by atoms with Crippen LogP contribution in [-0.2, 0) is 19.1 Å². The minimum atomic E-state index is -0.0605. The summed E-state index contributed by atoms with van der Waals surface area (Å²) in [5, 5.41) is 0. The lowest BCUT2D eigenvalue weighted by atomic mass is 9.82. The summed E-state index contributed by atoms with van der Waals surface area (Å²) in [7, 11) is 0. The van der Waals surface area contributed by atoms with Crippen molar-refractivity contribution < 1.29 is 19.1 Å². The average molecular weight is 537 g/mol. The summed E-state index contributed by atoms with van der Waals surface area (Å²) in [5.41, 5.74) is 0. The van der Waals surface area contributed by atoms with E-state index in [1.54, 1.807) is 0 Å². The highest BCUT2D eigenvalue weighted by Gasteiger charge is 2.31. The minimum absolute atomic E-state index is 0.0488. The standard InChI is InChI=1S/C34H64O4/c1-7-9-11-13-27(3)15-17-29(5)23-25-37-33(35)31-19-21-32(22-20-31)34(36)38-26-24-30(6)18-16-28(4)14-12-10-8-2/h27-32H,7-26H2,1-6H3. The zero-order valence-electron chi connectivity index (χ0n) is 26.2. The van der Waals surface area contributed by atoms with E-state index in [4.69, 9.17) is 9.47 Å². The highest BCUT2D eigenvalue weighted by molar-refractivity contribution is 5.75. The Hall–Kier alpha value is -1.06. The van der Waals surface area contributed by atoms with Crippen LogP contribution < -0.4 is 0 Å². The van der Waals surface area contributed by atoms with Gasteiger partial charge in [0.25, 0.3) is 0 Å². The van der Waals surface area contributed by atoms with Gasteiger partial charge >= 0.3 is 11.9 Å². The number of hydrogen-bond donors (Lipinski definition) is 0. The number of esters is 2. The van der Waals surface area contributed by atoms with Crippen molar-refractivity contribution in [1.29, 1.82) is 0 Å². The summed E-state index contributed by atoms with van der Waals surface area (Å²) in [6.45, 7) is 14.9. The van der Waals surface area contributed by atoms with Crippen LogP contribution in [0, 0.1) is 35.5 Å². The van der Waals surface area contributed by atoms with Crippen LogP contribution in [0.2, 0.25) is 0 Å². The van der Waals surface area contributed by atoms with Gasteiger partial charge in [-0.2, -0.15) is 0 Å². The second-order valence-electron chi connectivity index (χ2n) is 13.0. The van der Waals surface area contributed by atoms with Crippen LogP contribution in [-0.4, -0.2) is 25.2 Å². The lowest BCUT2D eigenvalue weighted by molar-refractivity contribution is -0.155. The Morgan fingerprint density at radius 1 is 0.526 bits per heavy atom. The van der Waals surface area contributed by atoms with Crippen molar-refractivity contribution in [2.45, 2.75) is 157 Å². The van der Waals surface area contributed by atoms with E-state index in [1.807, 2.05) is 0 Å². The molecule has 0 aromatic heterocycles. The van der Waals surface area contributed by atoms with Crippen LogP contribution in [0.25, 0.3) is 0 Å². The van der Waals surface area contributed by atoms with Gasteiger partial charge in [-0.25, -0.2) is 0 Å². The van der Waals surface area contributed by atoms with E-state index in [2.05, 4.69) is 41.5 Å². The van der Waals surface area contributed by atoms with E-state index in [9.17, 15) is 9.59 Å². The quantitative estimate of drug-likeness (QED) is 0.102. The molecule has 0 N–H and O–H groups in total. The van der Waals surface area contributed by atoms with Gasteiger partial charge in [0.15, 0.2) is 0 Å². The second-order valence-corrected chi connectivity index (χ2v) is 13.0. The van der Waals surface area contributed by atoms with E-state index >= 15 is 0 Å². The van der Waals surface area contributed by atoms with Gasteiger partial charge in [-0.05, 0) is 62.2 Å². The molecule has 224 valence electrons. The van der Waals surface area contributed by atoms with Gasteiger partial charge in [0, 0.05) is 0 Å². The molecule has 0 heterocycles. The van der Waals surface area contributed by atoms with Gasteiger partial charge in [-0.3, -0.25) is 9.59 Å². The van der Waals surface area contributed by atoms with Gasteiger partial charge in [-0.1, -0.05) is 119 Å². The molecule has 0 bridgehead atoms. The van der Waals surface area contributed by atoms with Crippen LogP contribution in [0.5, 0.6) is 0 Å². The molecule has 1 saturated carbocycles. The van der Waals surface area contributed by atoms with Crippen LogP contribution in [0.4, 0.5) is 0 Å². The number of ether oxygens (including phenoxy) is 2. The van der Waals surface area contributed by atoms with Gasteiger partial charge in [-0.15, -0.1) is 0 Å². The van der Waals surface area contributed by atoms with Crippen molar-refractivity contribution >= 4 is 11.9 Å². The molecule has 4 nitrogen and oxygen atoms in total. The Morgan fingerprint density at radius 2 is 0.842 bits per heavy atom. The Balaban J connectivity index is 2.12. The molecule has 1 rings (SSSR count). The fourth-order valence-electron chi connectivity index (χ4n) is 5.72. The summed E-state index contributed by atoms with van der Waals surface area (Å²) >= 11 is 0. The lowest BCUT2D eigenvalue weighted by Crippen LogP contribution is -2.28. The Kier molecular flexibility index (Phi) is 20.0. The number of unbranched alkanes of at least 4 members (excludes halogenated alkanes) is 4. The number of rotatable bonds is 22. The van der Waals surface area contributed by atoms with Crippen molar-refractivity contribution in [3.8, 4) is 0 Å². The minimum Gasteiger partial charge on any atom is -0.465 e. The van der Waals surface area contributed by atoms with Gasteiger partial charge < -0.3 is 9.47 Å². The topological polar surface area (TPSA) is 52.6 Å². The molecule has 0 aliphatic heterocycles. The Labute approximate surface area is 236 Å². The molecule has 4 heteroatoms. The van der Waals surface area contributed by atoms with Crippen molar-refractivity contribution in [2.75, 3.05) is 13.2 Å². The first-order valence-electron chi connectivity index (χ1n) is 16.6. The van der Waals surface area contributed by atoms with E-state index in [0.29, 0.717) is 25.0 Å². The fourth-order valence-corrected chi connectivity index (χ4v) is 5.72. The first kappa shape index (κ1) is 35.0. The molecular weight excluding hydrogens is 472 g/mol. The summed E-state index contributed by atoms with van der Waals surface area (Å²) in [6.07, 6.45) is 20.5. The van der Waals surface area contributed by atoms with Crippen molar-refractivity contribution in [3.63, 3.8) is 0 Å². The monoisotopic (exact) mass is 536 g/mol. The second kappa shape index (κ2) is 21.7.